The van der Waals surface area contributed by atoms with Gasteiger partial charge in [0.1, 0.15) is 27.2 Å². The summed E-state index contributed by atoms with van der Waals surface area (Å²) in [6.45, 7) is 1.22. The predicted octanol–water partition coefficient (Wildman–Crippen LogP) is 4.71. The second kappa shape index (κ2) is 10.8. The van der Waals surface area contributed by atoms with Gasteiger partial charge >= 0.3 is 0 Å². The Hall–Kier alpha value is -3.04. The lowest BCUT2D eigenvalue weighted by molar-refractivity contribution is -0.126. The molecule has 31 heavy (non-hydrogen) atoms. The Morgan fingerprint density at radius 3 is 1.94 bits per heavy atom. The van der Waals surface area contributed by atoms with Crippen molar-refractivity contribution in [3.63, 3.8) is 0 Å². The Morgan fingerprint density at radius 1 is 0.871 bits per heavy atom. The first-order chi connectivity index (χ1) is 14.8. The highest BCUT2D eigenvalue weighted by molar-refractivity contribution is 6.34. The van der Waals surface area contributed by atoms with Gasteiger partial charge in [0.15, 0.2) is 17.3 Å². The number of anilines is 1. The molecule has 0 fully saturated rings. The van der Waals surface area contributed by atoms with Crippen LogP contribution in [0, 0.1) is 0 Å². The van der Waals surface area contributed by atoms with Crippen LogP contribution >= 0.6 is 23.2 Å². The zero-order chi connectivity index (χ0) is 23.1. The third-order valence-corrected chi connectivity index (χ3v) is 4.84. The number of amides is 1. The maximum atomic E-state index is 12.7. The zero-order valence-electron chi connectivity index (χ0n) is 17.5. The molecule has 0 radical (unpaired) electrons. The third kappa shape index (κ3) is 5.36. The van der Waals surface area contributed by atoms with Crippen molar-refractivity contribution < 1.29 is 28.5 Å². The normalized spacial score (nSPS) is 11.7. The van der Waals surface area contributed by atoms with Crippen LogP contribution in [-0.4, -0.2) is 46.2 Å². The van der Waals surface area contributed by atoms with E-state index in [2.05, 4.69) is 15.5 Å². The van der Waals surface area contributed by atoms with Gasteiger partial charge in [0.05, 0.1) is 34.1 Å². The summed E-state index contributed by atoms with van der Waals surface area (Å²) < 4.78 is 20.7. The summed E-state index contributed by atoms with van der Waals surface area (Å²) in [5.41, 5.74) is 0.460. The molecule has 0 aliphatic rings. The van der Waals surface area contributed by atoms with Crippen molar-refractivity contribution >= 4 is 46.3 Å². The van der Waals surface area contributed by atoms with Gasteiger partial charge in [-0.1, -0.05) is 23.2 Å². The van der Waals surface area contributed by atoms with Gasteiger partial charge in [0, 0.05) is 0 Å². The first-order valence-electron chi connectivity index (χ1n) is 8.82. The van der Waals surface area contributed by atoms with Crippen LogP contribution in [-0.2, 0) is 9.59 Å². The molecule has 0 aliphatic heterocycles. The average Bonchev–Trinajstić information content (AvgIpc) is 2.74. The van der Waals surface area contributed by atoms with Crippen LogP contribution in [0.3, 0.4) is 0 Å². The van der Waals surface area contributed by atoms with Crippen LogP contribution in [0.2, 0.25) is 10.0 Å². The number of benzene rings is 2. The lowest BCUT2D eigenvalue weighted by atomic mass is 10.2. The van der Waals surface area contributed by atoms with Crippen LogP contribution in [0.15, 0.2) is 34.5 Å². The molecule has 0 bridgehead atoms. The fourth-order valence-electron chi connectivity index (χ4n) is 2.59. The predicted molar refractivity (Wildman–Crippen MR) is 117 cm³/mol. The molecule has 0 saturated heterocycles. The molecule has 1 atom stereocenters. The lowest BCUT2D eigenvalue weighted by Crippen LogP contribution is -2.32. The van der Waals surface area contributed by atoms with E-state index in [0.717, 1.165) is 0 Å². The monoisotopic (exact) mass is 469 g/mol. The SMILES string of the molecule is COc1ccc(N=NC(C(C)=O)C(=O)Nc2ccc(OC)c(Cl)c2OC)c(OC)c1Cl. The van der Waals surface area contributed by atoms with Crippen LogP contribution in [0.4, 0.5) is 11.4 Å². The molecule has 0 aliphatic carbocycles. The molecular formula is C20H21Cl2N3O6. The van der Waals surface area contributed by atoms with E-state index < -0.39 is 17.7 Å². The smallest absolute Gasteiger partial charge is 0.258 e. The average molecular weight is 470 g/mol. The fraction of sp³-hybridized carbons (Fsp3) is 0.300. The number of ether oxygens (including phenoxy) is 4. The number of methoxy groups -OCH3 is 4. The molecule has 1 N–H and O–H groups in total. The van der Waals surface area contributed by atoms with Crippen LogP contribution in [0.5, 0.6) is 23.0 Å². The molecule has 0 aromatic heterocycles. The molecular weight excluding hydrogens is 449 g/mol. The number of azo groups is 1. The van der Waals surface area contributed by atoms with Crippen molar-refractivity contribution in [3.8, 4) is 23.0 Å². The number of halogens is 2. The van der Waals surface area contributed by atoms with Crippen molar-refractivity contribution in [3.05, 3.63) is 34.3 Å². The second-order valence-electron chi connectivity index (χ2n) is 6.01. The van der Waals surface area contributed by atoms with Gasteiger partial charge in [0.25, 0.3) is 5.91 Å². The summed E-state index contributed by atoms with van der Waals surface area (Å²) in [5, 5.41) is 10.8. The minimum Gasteiger partial charge on any atom is -0.495 e. The zero-order valence-corrected chi connectivity index (χ0v) is 19.0. The highest BCUT2D eigenvalue weighted by Crippen LogP contribution is 2.42. The minimum atomic E-state index is -1.43. The van der Waals surface area contributed by atoms with Crippen LogP contribution in [0.25, 0.3) is 0 Å². The largest absolute Gasteiger partial charge is 0.495 e. The number of nitrogens with one attached hydrogen (secondary N) is 1. The maximum absolute atomic E-state index is 12.7. The van der Waals surface area contributed by atoms with E-state index in [1.807, 2.05) is 0 Å². The summed E-state index contributed by atoms with van der Waals surface area (Å²) in [5.74, 6) is -0.148. The van der Waals surface area contributed by atoms with Gasteiger partial charge < -0.3 is 24.3 Å². The van der Waals surface area contributed by atoms with E-state index in [9.17, 15) is 9.59 Å². The number of nitrogens with zero attached hydrogens (tertiary/aromatic N) is 2. The van der Waals surface area contributed by atoms with E-state index in [0.29, 0.717) is 11.5 Å². The Balaban J connectivity index is 2.34. The van der Waals surface area contributed by atoms with Gasteiger partial charge in [-0.2, -0.15) is 10.2 Å². The number of carbonyl (C=O) groups excluding carboxylic acids is 2. The molecule has 2 aromatic rings. The minimum absolute atomic E-state index is 0.168. The number of Topliss-reactive ketones (excluding diaryl/α,β-unsaturated/α-hetero) is 1. The Labute approximate surface area is 189 Å². The number of ketones is 1. The molecule has 0 saturated carbocycles. The number of hydrogen-bond donors (Lipinski definition) is 1. The van der Waals surface area contributed by atoms with Gasteiger partial charge in [-0.05, 0) is 31.2 Å². The van der Waals surface area contributed by atoms with E-state index >= 15 is 0 Å². The first-order valence-corrected chi connectivity index (χ1v) is 9.57. The molecule has 9 nitrogen and oxygen atoms in total. The van der Waals surface area contributed by atoms with Gasteiger partial charge in [-0.25, -0.2) is 0 Å². The maximum Gasteiger partial charge on any atom is 0.258 e. The highest BCUT2D eigenvalue weighted by atomic mass is 35.5. The summed E-state index contributed by atoms with van der Waals surface area (Å²) >= 11 is 12.4. The quantitative estimate of drug-likeness (QED) is 0.420. The van der Waals surface area contributed by atoms with Gasteiger partial charge in [-0.3, -0.25) is 9.59 Å². The van der Waals surface area contributed by atoms with Crippen molar-refractivity contribution in [2.45, 2.75) is 13.0 Å². The van der Waals surface area contributed by atoms with Crippen molar-refractivity contribution in [2.24, 2.45) is 10.2 Å². The molecule has 1 unspecified atom stereocenters. The molecule has 0 heterocycles. The van der Waals surface area contributed by atoms with E-state index in [-0.39, 0.29) is 32.9 Å². The topological polar surface area (TPSA) is 108 Å². The van der Waals surface area contributed by atoms with E-state index in [1.165, 1.54) is 47.5 Å². The molecule has 2 aromatic carbocycles. The van der Waals surface area contributed by atoms with Crippen molar-refractivity contribution in [1.82, 2.24) is 0 Å². The highest BCUT2D eigenvalue weighted by Gasteiger charge is 2.25. The first kappa shape index (κ1) is 24.2. The molecule has 1 amide bonds. The molecule has 11 heteroatoms. The van der Waals surface area contributed by atoms with E-state index in [4.69, 9.17) is 42.1 Å². The summed E-state index contributed by atoms with van der Waals surface area (Å²) in [4.78, 5) is 24.8. The Morgan fingerprint density at radius 2 is 1.42 bits per heavy atom. The van der Waals surface area contributed by atoms with Crippen LogP contribution in [0.1, 0.15) is 6.92 Å². The third-order valence-electron chi connectivity index (χ3n) is 4.12. The summed E-state index contributed by atoms with van der Waals surface area (Å²) in [6, 6.07) is 4.74. The van der Waals surface area contributed by atoms with Crippen LogP contribution < -0.4 is 24.3 Å². The number of rotatable bonds is 9. The fourth-order valence-corrected chi connectivity index (χ4v) is 3.22. The number of hydrogen-bond acceptors (Lipinski definition) is 8. The Bertz CT molecular complexity index is 1010. The lowest BCUT2D eigenvalue weighted by Gasteiger charge is -2.15. The summed E-state index contributed by atoms with van der Waals surface area (Å²) in [6.07, 6.45) is 0. The standard InChI is InChI=1S/C20H21Cl2N3O6/c1-10(26)17(25-24-12-7-9-14(29-3)16(22)19(12)31-5)20(27)23-11-6-8-13(28-2)15(21)18(11)30-4/h6-9,17H,1-5H3,(H,23,27). The number of carbonyl (C=O) groups is 2. The molecule has 166 valence electrons. The van der Waals surface area contributed by atoms with Gasteiger partial charge in [-0.15, -0.1) is 0 Å². The molecule has 0 spiro atoms. The summed E-state index contributed by atoms with van der Waals surface area (Å²) in [7, 11) is 5.69. The van der Waals surface area contributed by atoms with Crippen molar-refractivity contribution in [1.29, 1.82) is 0 Å². The van der Waals surface area contributed by atoms with Gasteiger partial charge in [0.2, 0.25) is 6.04 Å². The molecule has 2 rings (SSSR count). The van der Waals surface area contributed by atoms with Crippen molar-refractivity contribution in [2.75, 3.05) is 33.8 Å². The second-order valence-corrected chi connectivity index (χ2v) is 6.77. The van der Waals surface area contributed by atoms with E-state index in [1.54, 1.807) is 12.1 Å². The Kier molecular flexibility index (Phi) is 8.47.